The van der Waals surface area contributed by atoms with Crippen LogP contribution in [0.3, 0.4) is 0 Å². The van der Waals surface area contributed by atoms with E-state index in [-0.39, 0.29) is 13.2 Å². The summed E-state index contributed by atoms with van der Waals surface area (Å²) in [5, 5.41) is 0. The zero-order valence-corrected chi connectivity index (χ0v) is 11.6. The highest BCUT2D eigenvalue weighted by Crippen LogP contribution is 2.24. The maximum absolute atomic E-state index is 11.2. The Bertz CT molecular complexity index is 317. The van der Waals surface area contributed by atoms with E-state index in [1.165, 1.54) is 28.1 Å². The molecule has 1 aliphatic rings. The largest absolute Gasteiger partial charge is 0.456 e. The average molecular weight is 276 g/mol. The number of ether oxygens (including phenoxy) is 5. The van der Waals surface area contributed by atoms with Gasteiger partial charge in [0.15, 0.2) is 12.2 Å². The van der Waals surface area contributed by atoms with Crippen LogP contribution in [0.2, 0.25) is 0 Å². The van der Waals surface area contributed by atoms with Crippen LogP contribution in [0.5, 0.6) is 0 Å². The Morgan fingerprint density at radius 2 is 1.68 bits per heavy atom. The Balaban J connectivity index is 2.89. The van der Waals surface area contributed by atoms with Gasteiger partial charge in [0.2, 0.25) is 0 Å². The maximum Gasteiger partial charge on any atom is 0.303 e. The van der Waals surface area contributed by atoms with Crippen molar-refractivity contribution < 1.29 is 33.3 Å². The third kappa shape index (κ3) is 4.45. The van der Waals surface area contributed by atoms with E-state index < -0.39 is 36.4 Å². The van der Waals surface area contributed by atoms with Crippen molar-refractivity contribution in [1.82, 2.24) is 0 Å². The van der Waals surface area contributed by atoms with Gasteiger partial charge in [0, 0.05) is 28.1 Å². The molecule has 0 aromatic heterocycles. The summed E-state index contributed by atoms with van der Waals surface area (Å²) in [5.41, 5.74) is 0. The molecule has 0 bridgehead atoms. The number of rotatable bonds is 5. The van der Waals surface area contributed by atoms with Crippen molar-refractivity contribution in [2.24, 2.45) is 0 Å². The van der Waals surface area contributed by atoms with E-state index in [2.05, 4.69) is 0 Å². The lowest BCUT2D eigenvalue weighted by Gasteiger charge is -2.40. The van der Waals surface area contributed by atoms with E-state index in [1.54, 1.807) is 0 Å². The second kappa shape index (κ2) is 7.42. The zero-order chi connectivity index (χ0) is 14.4. The van der Waals surface area contributed by atoms with Gasteiger partial charge < -0.3 is 23.7 Å². The van der Waals surface area contributed by atoms with Crippen LogP contribution in [0.15, 0.2) is 0 Å². The van der Waals surface area contributed by atoms with Gasteiger partial charge in [-0.1, -0.05) is 0 Å². The van der Waals surface area contributed by atoms with Crippen LogP contribution in [0.1, 0.15) is 13.8 Å². The summed E-state index contributed by atoms with van der Waals surface area (Å²) in [5.74, 6) is -0.953. The highest BCUT2D eigenvalue weighted by molar-refractivity contribution is 5.67. The number of hydrogen-bond donors (Lipinski definition) is 0. The van der Waals surface area contributed by atoms with E-state index in [1.807, 2.05) is 0 Å². The molecule has 0 aromatic rings. The number of carbonyl (C=O) groups is 2. The van der Waals surface area contributed by atoms with Gasteiger partial charge in [-0.25, -0.2) is 0 Å². The van der Waals surface area contributed by atoms with E-state index in [0.717, 1.165) is 0 Å². The molecule has 110 valence electrons. The first kappa shape index (κ1) is 15.9. The molecule has 0 spiro atoms. The molecule has 1 heterocycles. The van der Waals surface area contributed by atoms with Gasteiger partial charge >= 0.3 is 11.9 Å². The predicted molar refractivity (Wildman–Crippen MR) is 63.5 cm³/mol. The molecular formula is C12H20O7. The van der Waals surface area contributed by atoms with Crippen molar-refractivity contribution in [2.75, 3.05) is 27.4 Å². The van der Waals surface area contributed by atoms with Crippen molar-refractivity contribution in [3.05, 3.63) is 0 Å². The summed E-state index contributed by atoms with van der Waals surface area (Å²) in [7, 11) is 2.99. The lowest BCUT2D eigenvalue weighted by molar-refractivity contribution is -0.228. The van der Waals surface area contributed by atoms with Crippen LogP contribution in [-0.2, 0) is 33.3 Å². The monoisotopic (exact) mass is 276 g/mol. The predicted octanol–water partition coefficient (Wildman–Crippen LogP) is -0.0900. The quantitative estimate of drug-likeness (QED) is 0.649. The summed E-state index contributed by atoms with van der Waals surface area (Å²) in [6, 6.07) is 0. The molecule has 0 radical (unpaired) electrons. The van der Waals surface area contributed by atoms with Crippen molar-refractivity contribution >= 4 is 11.9 Å². The highest BCUT2D eigenvalue weighted by Gasteiger charge is 2.45. The minimum atomic E-state index is -0.750. The minimum absolute atomic E-state index is 0.228. The number of esters is 2. The number of carbonyl (C=O) groups excluding carboxylic acids is 2. The smallest absolute Gasteiger partial charge is 0.303 e. The standard InChI is InChI=1S/C12H20O7/c1-7(13)18-11-9(16-4)6-17-10(5-15-3)12(11)19-8(2)14/h9-12H,5-6H2,1-4H3. The summed E-state index contributed by atoms with van der Waals surface area (Å²) in [6.45, 7) is 3.04. The first-order valence-electron chi connectivity index (χ1n) is 5.97. The number of methoxy groups -OCH3 is 2. The Morgan fingerprint density at radius 1 is 1.11 bits per heavy atom. The van der Waals surface area contributed by atoms with Crippen LogP contribution in [0, 0.1) is 0 Å². The average Bonchev–Trinajstić information content (AvgIpc) is 2.32. The molecule has 7 nitrogen and oxygen atoms in total. The molecule has 1 saturated heterocycles. The molecular weight excluding hydrogens is 256 g/mol. The third-order valence-electron chi connectivity index (χ3n) is 2.77. The molecule has 19 heavy (non-hydrogen) atoms. The van der Waals surface area contributed by atoms with Gasteiger partial charge in [-0.15, -0.1) is 0 Å². The molecule has 7 heteroatoms. The van der Waals surface area contributed by atoms with Crippen LogP contribution >= 0.6 is 0 Å². The molecule has 0 saturated carbocycles. The van der Waals surface area contributed by atoms with E-state index >= 15 is 0 Å². The van der Waals surface area contributed by atoms with E-state index in [9.17, 15) is 9.59 Å². The van der Waals surface area contributed by atoms with Crippen molar-refractivity contribution in [3.63, 3.8) is 0 Å². The van der Waals surface area contributed by atoms with Crippen LogP contribution in [-0.4, -0.2) is 63.8 Å². The molecule has 4 unspecified atom stereocenters. The SMILES string of the molecule is COCC1OCC(OC)C(OC(C)=O)C1OC(C)=O. The highest BCUT2D eigenvalue weighted by atomic mass is 16.6. The second-order valence-electron chi connectivity index (χ2n) is 4.25. The fourth-order valence-corrected chi connectivity index (χ4v) is 2.01. The fraction of sp³-hybridized carbons (Fsp3) is 0.833. The molecule has 0 aromatic carbocycles. The fourth-order valence-electron chi connectivity index (χ4n) is 2.01. The Morgan fingerprint density at radius 3 is 2.16 bits per heavy atom. The maximum atomic E-state index is 11.2. The van der Waals surface area contributed by atoms with Crippen molar-refractivity contribution in [1.29, 1.82) is 0 Å². The summed E-state index contributed by atoms with van der Waals surface area (Å²) in [6.07, 6.45) is -2.44. The first-order valence-corrected chi connectivity index (χ1v) is 5.97. The van der Waals surface area contributed by atoms with Crippen molar-refractivity contribution in [2.45, 2.75) is 38.3 Å². The van der Waals surface area contributed by atoms with Crippen molar-refractivity contribution in [3.8, 4) is 0 Å². The van der Waals surface area contributed by atoms with Gasteiger partial charge in [-0.3, -0.25) is 9.59 Å². The van der Waals surface area contributed by atoms with E-state index in [4.69, 9.17) is 23.7 Å². The third-order valence-corrected chi connectivity index (χ3v) is 2.77. The normalized spacial score (nSPS) is 30.7. The Hall–Kier alpha value is -1.18. The van der Waals surface area contributed by atoms with Crippen LogP contribution in [0.4, 0.5) is 0 Å². The first-order chi connectivity index (χ1) is 8.99. The van der Waals surface area contributed by atoms with Gasteiger partial charge in [-0.2, -0.15) is 0 Å². The summed E-state index contributed by atoms with van der Waals surface area (Å²) >= 11 is 0. The van der Waals surface area contributed by atoms with Crippen LogP contribution in [0.25, 0.3) is 0 Å². The van der Waals surface area contributed by atoms with Gasteiger partial charge in [-0.05, 0) is 0 Å². The Labute approximate surface area is 112 Å². The molecule has 0 aliphatic carbocycles. The molecule has 1 rings (SSSR count). The summed E-state index contributed by atoms with van der Waals surface area (Å²) in [4.78, 5) is 22.4. The molecule has 4 atom stereocenters. The Kier molecular flexibility index (Phi) is 6.20. The lowest BCUT2D eigenvalue weighted by Crippen LogP contribution is -2.58. The van der Waals surface area contributed by atoms with Gasteiger partial charge in [0.1, 0.15) is 12.2 Å². The minimum Gasteiger partial charge on any atom is -0.456 e. The topological polar surface area (TPSA) is 80.3 Å². The molecule has 1 aliphatic heterocycles. The molecule has 0 N–H and O–H groups in total. The lowest BCUT2D eigenvalue weighted by atomic mass is 9.99. The van der Waals surface area contributed by atoms with Gasteiger partial charge in [0.05, 0.1) is 13.2 Å². The van der Waals surface area contributed by atoms with Gasteiger partial charge in [0.25, 0.3) is 0 Å². The zero-order valence-electron chi connectivity index (χ0n) is 11.6. The second-order valence-corrected chi connectivity index (χ2v) is 4.25. The molecule has 1 fully saturated rings. The summed E-state index contributed by atoms with van der Waals surface area (Å²) < 4.78 is 26.2. The van der Waals surface area contributed by atoms with E-state index in [0.29, 0.717) is 0 Å². The van der Waals surface area contributed by atoms with Crippen LogP contribution < -0.4 is 0 Å². The number of hydrogen-bond acceptors (Lipinski definition) is 7. The molecule has 0 amide bonds.